The first-order chi connectivity index (χ1) is 12.6. The summed E-state index contributed by atoms with van der Waals surface area (Å²) in [7, 11) is 0. The van der Waals surface area contributed by atoms with Crippen molar-refractivity contribution in [3.8, 4) is 11.1 Å². The zero-order chi connectivity index (χ0) is 18.6. The number of rotatable bonds is 3. The molecule has 0 saturated heterocycles. The molecule has 1 aliphatic carbocycles. The number of carbonyl (C=O) groups is 1. The Morgan fingerprint density at radius 3 is 2.58 bits per heavy atom. The van der Waals surface area contributed by atoms with Gasteiger partial charge >= 0.3 is 0 Å². The fraction of sp³-hybridized carbons (Fsp3) is 0.238. The maximum absolute atomic E-state index is 14.1. The zero-order valence-electron chi connectivity index (χ0n) is 14.5. The van der Waals surface area contributed by atoms with E-state index >= 15 is 0 Å². The van der Waals surface area contributed by atoms with Crippen LogP contribution in [0.5, 0.6) is 0 Å². The van der Waals surface area contributed by atoms with E-state index in [1.165, 1.54) is 30.2 Å². The minimum absolute atomic E-state index is 0.184. The predicted octanol–water partition coefficient (Wildman–Crippen LogP) is 5.78. The second-order valence-electron chi connectivity index (χ2n) is 6.53. The van der Waals surface area contributed by atoms with Crippen LogP contribution >= 0.6 is 11.8 Å². The summed E-state index contributed by atoms with van der Waals surface area (Å²) in [6, 6.07) is 15.0. The number of benzene rings is 2. The molecule has 3 aromatic rings. The summed E-state index contributed by atoms with van der Waals surface area (Å²) in [6.45, 7) is 2.08. The Kier molecular flexibility index (Phi) is 5.57. The van der Waals surface area contributed by atoms with Gasteiger partial charge in [0.05, 0.1) is 5.52 Å². The van der Waals surface area contributed by atoms with E-state index in [1.54, 1.807) is 6.07 Å². The Labute approximate surface area is 156 Å². The average molecular weight is 369 g/mol. The molecule has 1 saturated carbocycles. The highest BCUT2D eigenvalue weighted by Crippen LogP contribution is 2.48. The third-order valence-corrected chi connectivity index (χ3v) is 6.13. The van der Waals surface area contributed by atoms with Gasteiger partial charge in [0.15, 0.2) is 0 Å². The van der Waals surface area contributed by atoms with Crippen LogP contribution in [0.3, 0.4) is 0 Å². The molecule has 0 spiro atoms. The Hall–Kier alpha value is -2.40. The molecule has 0 atom stereocenters. The number of thioether (sulfide) groups is 1. The third-order valence-electron chi connectivity index (χ3n) is 4.65. The Morgan fingerprint density at radius 1 is 1.19 bits per heavy atom. The maximum Gasteiger partial charge on any atom is 0.290 e. The molecule has 1 fully saturated rings. The molecular weight excluding hydrogens is 349 g/mol. The number of nitrogens with zero attached hydrogens (tertiary/aromatic N) is 1. The lowest BCUT2D eigenvalue weighted by molar-refractivity contribution is -0.122. The summed E-state index contributed by atoms with van der Waals surface area (Å²) in [6.07, 6.45) is 5.70. The second kappa shape index (κ2) is 7.87. The quantitative estimate of drug-likeness (QED) is 0.595. The van der Waals surface area contributed by atoms with Gasteiger partial charge in [0.1, 0.15) is 5.82 Å². The maximum atomic E-state index is 14.1. The van der Waals surface area contributed by atoms with Crippen molar-refractivity contribution < 1.29 is 14.3 Å². The van der Waals surface area contributed by atoms with Crippen molar-refractivity contribution in [1.82, 2.24) is 4.98 Å². The number of halogens is 1. The van der Waals surface area contributed by atoms with Crippen LogP contribution in [0.15, 0.2) is 59.6 Å². The van der Waals surface area contributed by atoms with E-state index in [0.29, 0.717) is 10.3 Å². The molecule has 4 rings (SSSR count). The minimum atomic E-state index is -0.250. The molecule has 134 valence electrons. The van der Waals surface area contributed by atoms with Gasteiger partial charge in [-0.1, -0.05) is 37.6 Å². The summed E-state index contributed by atoms with van der Waals surface area (Å²) in [4.78, 5) is 14.1. The van der Waals surface area contributed by atoms with Crippen LogP contribution in [0.25, 0.3) is 22.0 Å². The summed E-state index contributed by atoms with van der Waals surface area (Å²) < 4.78 is 14.4. The van der Waals surface area contributed by atoms with Crippen LogP contribution in [0.4, 0.5) is 4.39 Å². The predicted molar refractivity (Wildman–Crippen MR) is 104 cm³/mol. The summed E-state index contributed by atoms with van der Waals surface area (Å²) in [5.41, 5.74) is 2.52. The number of hydrogen-bond acceptors (Lipinski definition) is 3. The summed E-state index contributed by atoms with van der Waals surface area (Å²) in [5.74, 6) is -0.184. The lowest BCUT2D eigenvalue weighted by Gasteiger charge is -2.37. The van der Waals surface area contributed by atoms with Gasteiger partial charge < -0.3 is 5.11 Å². The van der Waals surface area contributed by atoms with E-state index in [1.807, 2.05) is 42.2 Å². The first-order valence-electron chi connectivity index (χ1n) is 8.47. The van der Waals surface area contributed by atoms with Crippen molar-refractivity contribution >= 4 is 29.1 Å². The van der Waals surface area contributed by atoms with Crippen LogP contribution in [-0.4, -0.2) is 21.3 Å². The van der Waals surface area contributed by atoms with Crippen molar-refractivity contribution in [2.24, 2.45) is 0 Å². The number of pyridine rings is 1. The number of hydrogen-bond donors (Lipinski definition) is 1. The van der Waals surface area contributed by atoms with E-state index in [-0.39, 0.29) is 12.3 Å². The van der Waals surface area contributed by atoms with E-state index < -0.39 is 0 Å². The normalized spacial score (nSPS) is 14.8. The topological polar surface area (TPSA) is 50.2 Å². The highest BCUT2D eigenvalue weighted by atomic mass is 32.2. The van der Waals surface area contributed by atoms with E-state index in [0.717, 1.165) is 16.5 Å². The van der Waals surface area contributed by atoms with Crippen LogP contribution in [-0.2, 0) is 4.79 Å². The standard InChI is InChI=1S/C20H18FNS.CH2O2/c1-20(10-4-11-20)23-19-9-12-22-18-8-7-14(13-16(18)19)15-5-2-3-6-17(15)21;2-1-3/h2-3,5-9,12-13H,4,10-11H2,1H3;1H,(H,2,3). The summed E-state index contributed by atoms with van der Waals surface area (Å²) in [5, 5.41) is 8.01. The van der Waals surface area contributed by atoms with Crippen LogP contribution in [0.2, 0.25) is 0 Å². The van der Waals surface area contributed by atoms with Crippen molar-refractivity contribution in [1.29, 1.82) is 0 Å². The van der Waals surface area contributed by atoms with Crippen LogP contribution in [0, 0.1) is 5.82 Å². The monoisotopic (exact) mass is 369 g/mol. The van der Waals surface area contributed by atoms with Gasteiger partial charge in [-0.3, -0.25) is 9.78 Å². The largest absolute Gasteiger partial charge is 0.483 e. The number of fused-ring (bicyclic) bond motifs is 1. The van der Waals surface area contributed by atoms with Gasteiger partial charge in [-0.15, -0.1) is 11.8 Å². The smallest absolute Gasteiger partial charge is 0.290 e. The Bertz CT molecular complexity index is 925. The fourth-order valence-electron chi connectivity index (χ4n) is 3.12. The van der Waals surface area contributed by atoms with Crippen molar-refractivity contribution in [2.45, 2.75) is 35.8 Å². The van der Waals surface area contributed by atoms with Crippen molar-refractivity contribution in [3.63, 3.8) is 0 Å². The molecule has 0 amide bonds. The van der Waals surface area contributed by atoms with E-state index in [9.17, 15) is 4.39 Å². The van der Waals surface area contributed by atoms with Gasteiger partial charge in [-0.05, 0) is 42.7 Å². The zero-order valence-corrected chi connectivity index (χ0v) is 15.3. The van der Waals surface area contributed by atoms with Gasteiger partial charge in [-0.2, -0.15) is 0 Å². The lowest BCUT2D eigenvalue weighted by Crippen LogP contribution is -2.28. The van der Waals surface area contributed by atoms with Crippen LogP contribution in [0.1, 0.15) is 26.2 Å². The summed E-state index contributed by atoms with van der Waals surface area (Å²) >= 11 is 1.94. The van der Waals surface area contributed by atoms with E-state index in [2.05, 4.69) is 24.0 Å². The third kappa shape index (κ3) is 3.88. The number of aromatic nitrogens is 1. The molecule has 0 unspecified atom stereocenters. The van der Waals surface area contributed by atoms with Gasteiger partial charge in [0.25, 0.3) is 6.47 Å². The molecule has 0 aliphatic heterocycles. The molecule has 1 aliphatic rings. The van der Waals surface area contributed by atoms with Gasteiger partial charge in [0.2, 0.25) is 0 Å². The Balaban J connectivity index is 0.000000613. The Morgan fingerprint density at radius 2 is 1.92 bits per heavy atom. The molecule has 2 aromatic carbocycles. The van der Waals surface area contributed by atoms with Gasteiger partial charge in [0, 0.05) is 26.8 Å². The number of carboxylic acid groups (broad SMARTS) is 1. The minimum Gasteiger partial charge on any atom is -0.483 e. The second-order valence-corrected chi connectivity index (χ2v) is 8.16. The first kappa shape index (κ1) is 18.4. The SMILES string of the molecule is CC1(Sc2ccnc3ccc(-c4ccccc4F)cc23)CCC1.O=CO. The van der Waals surface area contributed by atoms with Crippen molar-refractivity contribution in [2.75, 3.05) is 0 Å². The fourth-order valence-corrected chi connectivity index (χ4v) is 4.54. The molecule has 0 radical (unpaired) electrons. The van der Waals surface area contributed by atoms with Crippen molar-refractivity contribution in [3.05, 3.63) is 60.5 Å². The van der Waals surface area contributed by atoms with E-state index in [4.69, 9.17) is 9.90 Å². The van der Waals surface area contributed by atoms with Gasteiger partial charge in [-0.25, -0.2) is 4.39 Å². The molecule has 1 heterocycles. The highest BCUT2D eigenvalue weighted by Gasteiger charge is 2.33. The molecule has 1 N–H and O–H groups in total. The van der Waals surface area contributed by atoms with Crippen LogP contribution < -0.4 is 0 Å². The molecule has 26 heavy (non-hydrogen) atoms. The lowest BCUT2D eigenvalue weighted by atomic mass is 9.86. The molecule has 3 nitrogen and oxygen atoms in total. The average Bonchev–Trinajstić information content (AvgIpc) is 2.61. The first-order valence-corrected chi connectivity index (χ1v) is 9.28. The molecule has 5 heteroatoms. The molecule has 1 aromatic heterocycles. The molecular formula is C21H20FNO2S. The molecule has 0 bridgehead atoms. The highest BCUT2D eigenvalue weighted by molar-refractivity contribution is 8.01.